The molecule has 0 saturated carbocycles. The Morgan fingerprint density at radius 3 is 1.82 bits per heavy atom. The molecule has 0 atom stereocenters. The molecule has 0 spiro atoms. The Kier molecular flexibility index (Phi) is 6.53. The molecule has 0 nitrogen and oxygen atoms in total. The van der Waals surface area contributed by atoms with Crippen LogP contribution in [0.2, 0.25) is 5.16 Å². The summed E-state index contributed by atoms with van der Waals surface area (Å²) in [6.45, 7) is 0. The van der Waals surface area contributed by atoms with E-state index in [4.69, 9.17) is 0 Å². The highest BCUT2D eigenvalue weighted by atomic mass is 28.3. The zero-order valence-corrected chi connectivity index (χ0v) is 19.3. The maximum atomic E-state index is 2.35. The first-order valence-electron chi connectivity index (χ1n) is 10.4. The molecule has 0 saturated heterocycles. The lowest BCUT2D eigenvalue weighted by Gasteiger charge is -2.17. The summed E-state index contributed by atoms with van der Waals surface area (Å²) < 4.78 is 0. The molecule has 0 bridgehead atoms. The largest absolute Gasteiger partial charge is 0.0669 e. The monoisotopic (exact) mass is 396 g/mol. The van der Waals surface area contributed by atoms with E-state index >= 15 is 0 Å². The van der Waals surface area contributed by atoms with E-state index in [0.29, 0.717) is 0 Å². The predicted molar refractivity (Wildman–Crippen MR) is 130 cm³/mol. The molecule has 4 aromatic rings. The predicted octanol–water partition coefficient (Wildman–Crippen LogP) is 3.90. The molecular weight excluding hydrogens is 368 g/mol. The fourth-order valence-corrected chi connectivity index (χ4v) is 10.2. The van der Waals surface area contributed by atoms with Crippen LogP contribution in [0.4, 0.5) is 0 Å². The summed E-state index contributed by atoms with van der Waals surface area (Å²) in [5, 5.41) is 7.01. The molecule has 0 aliphatic carbocycles. The molecule has 0 fully saturated rings. The molecule has 0 heterocycles. The van der Waals surface area contributed by atoms with Crippen LogP contribution in [0.25, 0.3) is 10.8 Å². The van der Waals surface area contributed by atoms with Crippen molar-refractivity contribution in [3.8, 4) is 0 Å². The standard InChI is InChI=1S/C26H28Si2/c1-3-15-23(16-4-1)27-26(28-24-17-5-2-6-18-24)20-10-14-22-13-9-12-21-11-7-8-19-25(21)22/h1-9,11-13,15-19,26H,10,14,20,27-28H2. The van der Waals surface area contributed by atoms with Gasteiger partial charge in [-0.2, -0.15) is 0 Å². The molecule has 0 aliphatic rings. The molecule has 0 amide bonds. The molecule has 4 aromatic carbocycles. The van der Waals surface area contributed by atoms with Gasteiger partial charge in [-0.05, 0) is 29.2 Å². The molecule has 2 heteroatoms. The Bertz CT molecular complexity index is 950. The molecule has 28 heavy (non-hydrogen) atoms. The second-order valence-electron chi connectivity index (χ2n) is 7.78. The summed E-state index contributed by atoms with van der Waals surface area (Å²) in [6.07, 6.45) is 3.88. The summed E-state index contributed by atoms with van der Waals surface area (Å²) in [6, 6.07) is 38.1. The quantitative estimate of drug-likeness (QED) is 0.396. The first-order valence-corrected chi connectivity index (χ1v) is 13.5. The van der Waals surface area contributed by atoms with Gasteiger partial charge in [0.15, 0.2) is 0 Å². The van der Waals surface area contributed by atoms with E-state index in [2.05, 4.69) is 103 Å². The van der Waals surface area contributed by atoms with Crippen molar-refractivity contribution in [1.29, 1.82) is 0 Å². The summed E-state index contributed by atoms with van der Waals surface area (Å²) in [4.78, 5) is 0. The zero-order valence-electron chi connectivity index (χ0n) is 16.4. The van der Waals surface area contributed by atoms with E-state index in [1.54, 1.807) is 10.4 Å². The summed E-state index contributed by atoms with van der Waals surface area (Å²) in [7, 11) is -0.442. The van der Waals surface area contributed by atoms with E-state index in [-0.39, 0.29) is 19.0 Å². The van der Waals surface area contributed by atoms with Gasteiger partial charge in [-0.25, -0.2) is 0 Å². The zero-order chi connectivity index (χ0) is 19.0. The van der Waals surface area contributed by atoms with E-state index in [0.717, 1.165) is 5.16 Å². The minimum absolute atomic E-state index is 0.221. The lowest BCUT2D eigenvalue weighted by Crippen LogP contribution is -2.29. The summed E-state index contributed by atoms with van der Waals surface area (Å²) in [5.41, 5.74) is 1.51. The Morgan fingerprint density at radius 1 is 0.571 bits per heavy atom. The van der Waals surface area contributed by atoms with Crippen molar-refractivity contribution in [2.45, 2.75) is 24.4 Å². The molecule has 0 aliphatic heterocycles. The normalized spacial score (nSPS) is 13.0. The van der Waals surface area contributed by atoms with Crippen LogP contribution >= 0.6 is 0 Å². The van der Waals surface area contributed by atoms with Crippen molar-refractivity contribution in [1.82, 2.24) is 0 Å². The molecule has 0 unspecified atom stereocenters. The van der Waals surface area contributed by atoms with Crippen molar-refractivity contribution in [3.05, 3.63) is 109 Å². The SMILES string of the molecule is c1ccc([SiH2]C(CCCc2cccc3ccccc23)[SiH2]c2ccccc2)cc1. The van der Waals surface area contributed by atoms with E-state index in [1.807, 2.05) is 0 Å². The molecule has 0 radical (unpaired) electrons. The highest BCUT2D eigenvalue weighted by molar-refractivity contribution is 6.73. The Balaban J connectivity index is 1.44. The Morgan fingerprint density at radius 2 is 1.14 bits per heavy atom. The Labute approximate surface area is 173 Å². The van der Waals surface area contributed by atoms with Gasteiger partial charge in [0, 0.05) is 0 Å². The number of hydrogen-bond acceptors (Lipinski definition) is 0. The second-order valence-corrected chi connectivity index (χ2v) is 13.7. The number of benzene rings is 4. The first-order chi connectivity index (χ1) is 13.9. The second kappa shape index (κ2) is 9.67. The van der Waals surface area contributed by atoms with Gasteiger partial charge in [0.2, 0.25) is 0 Å². The number of hydrogen-bond donors (Lipinski definition) is 0. The Hall–Kier alpha value is -2.43. The van der Waals surface area contributed by atoms with E-state index in [9.17, 15) is 0 Å². The lowest BCUT2D eigenvalue weighted by molar-refractivity contribution is 0.772. The average Bonchev–Trinajstić information content (AvgIpc) is 2.75. The summed E-state index contributed by atoms with van der Waals surface area (Å²) >= 11 is 0. The maximum Gasteiger partial charge on any atom is 0.0550 e. The van der Waals surface area contributed by atoms with Crippen molar-refractivity contribution in [2.75, 3.05) is 0 Å². The molecule has 0 aromatic heterocycles. The van der Waals surface area contributed by atoms with Gasteiger partial charge in [0.05, 0.1) is 19.0 Å². The number of fused-ring (bicyclic) bond motifs is 1. The number of rotatable bonds is 8. The fourth-order valence-electron chi connectivity index (χ4n) is 4.26. The van der Waals surface area contributed by atoms with Gasteiger partial charge in [0.1, 0.15) is 0 Å². The van der Waals surface area contributed by atoms with Crippen molar-refractivity contribution in [3.63, 3.8) is 0 Å². The third-order valence-corrected chi connectivity index (χ3v) is 11.3. The molecule has 0 N–H and O–H groups in total. The van der Waals surface area contributed by atoms with Crippen LogP contribution in [-0.4, -0.2) is 19.0 Å². The maximum absolute atomic E-state index is 2.35. The van der Waals surface area contributed by atoms with Gasteiger partial charge in [-0.1, -0.05) is 125 Å². The third-order valence-electron chi connectivity index (χ3n) is 5.67. The van der Waals surface area contributed by atoms with Crippen molar-refractivity contribution >= 4 is 40.2 Å². The lowest BCUT2D eigenvalue weighted by atomic mass is 10.0. The van der Waals surface area contributed by atoms with Crippen molar-refractivity contribution < 1.29 is 0 Å². The van der Waals surface area contributed by atoms with Gasteiger partial charge in [0.25, 0.3) is 0 Å². The van der Waals surface area contributed by atoms with Crippen LogP contribution < -0.4 is 10.4 Å². The van der Waals surface area contributed by atoms with Crippen LogP contribution in [0, 0.1) is 0 Å². The van der Waals surface area contributed by atoms with Crippen LogP contribution in [-0.2, 0) is 6.42 Å². The average molecular weight is 397 g/mol. The molecule has 4 rings (SSSR count). The van der Waals surface area contributed by atoms with E-state index in [1.165, 1.54) is 35.6 Å². The minimum atomic E-state index is -0.221. The van der Waals surface area contributed by atoms with Gasteiger partial charge in [-0.3, -0.25) is 0 Å². The van der Waals surface area contributed by atoms with E-state index < -0.39 is 0 Å². The van der Waals surface area contributed by atoms with Crippen LogP contribution in [0.1, 0.15) is 18.4 Å². The number of aryl methyl sites for hydroxylation is 1. The van der Waals surface area contributed by atoms with Crippen LogP contribution in [0.15, 0.2) is 103 Å². The highest BCUT2D eigenvalue weighted by Crippen LogP contribution is 2.21. The molecule has 140 valence electrons. The smallest absolute Gasteiger partial charge is 0.0550 e. The third kappa shape index (κ3) is 5.09. The minimum Gasteiger partial charge on any atom is -0.0669 e. The van der Waals surface area contributed by atoms with Gasteiger partial charge in [-0.15, -0.1) is 0 Å². The topological polar surface area (TPSA) is 0 Å². The van der Waals surface area contributed by atoms with Crippen LogP contribution in [0.5, 0.6) is 0 Å². The van der Waals surface area contributed by atoms with Crippen molar-refractivity contribution in [2.24, 2.45) is 0 Å². The van der Waals surface area contributed by atoms with Gasteiger partial charge < -0.3 is 0 Å². The first kappa shape index (κ1) is 18.9. The van der Waals surface area contributed by atoms with Gasteiger partial charge >= 0.3 is 0 Å². The fraction of sp³-hybridized carbons (Fsp3) is 0.154. The summed E-state index contributed by atoms with van der Waals surface area (Å²) in [5.74, 6) is 0. The highest BCUT2D eigenvalue weighted by Gasteiger charge is 2.13. The van der Waals surface area contributed by atoms with Crippen LogP contribution in [0.3, 0.4) is 0 Å². The molecular formula is C26H28Si2.